The fourth-order valence-corrected chi connectivity index (χ4v) is 4.67. The fourth-order valence-electron chi connectivity index (χ4n) is 4.67. The predicted molar refractivity (Wildman–Crippen MR) is 97.9 cm³/mol. The molecule has 1 unspecified atom stereocenters. The molecule has 29 heavy (non-hydrogen) atoms. The Morgan fingerprint density at radius 1 is 1.24 bits per heavy atom. The van der Waals surface area contributed by atoms with Gasteiger partial charge in [0, 0.05) is 18.4 Å². The fraction of sp³-hybridized carbons (Fsp3) is 0.500. The van der Waals surface area contributed by atoms with Crippen molar-refractivity contribution in [3.63, 3.8) is 0 Å². The van der Waals surface area contributed by atoms with Crippen LogP contribution in [0.4, 0.5) is 9.18 Å². The number of amides is 5. The van der Waals surface area contributed by atoms with Gasteiger partial charge in [-0.15, -0.1) is 0 Å². The van der Waals surface area contributed by atoms with Gasteiger partial charge in [-0.2, -0.15) is 0 Å². The van der Waals surface area contributed by atoms with Gasteiger partial charge < -0.3 is 10.5 Å². The van der Waals surface area contributed by atoms with Crippen molar-refractivity contribution >= 4 is 23.8 Å². The number of rotatable bonds is 3. The van der Waals surface area contributed by atoms with Crippen LogP contribution in [0.3, 0.4) is 0 Å². The highest BCUT2D eigenvalue weighted by Crippen LogP contribution is 2.47. The zero-order valence-corrected chi connectivity index (χ0v) is 15.8. The molecule has 2 fully saturated rings. The number of nitrogens with zero attached hydrogens (tertiary/aromatic N) is 1. The van der Waals surface area contributed by atoms with Crippen LogP contribution in [0.1, 0.15) is 50.5 Å². The van der Waals surface area contributed by atoms with Crippen LogP contribution in [-0.4, -0.2) is 34.8 Å². The molecule has 3 N–H and O–H groups in total. The highest BCUT2D eigenvalue weighted by atomic mass is 19.1. The van der Waals surface area contributed by atoms with E-state index in [1.807, 2.05) is 0 Å². The molecule has 0 aromatic heterocycles. The van der Waals surface area contributed by atoms with E-state index in [0.29, 0.717) is 0 Å². The molecule has 154 valence electrons. The lowest BCUT2D eigenvalue weighted by molar-refractivity contribution is -0.145. The third kappa shape index (κ3) is 3.14. The third-order valence-corrected chi connectivity index (χ3v) is 6.07. The van der Waals surface area contributed by atoms with Crippen LogP contribution in [0.25, 0.3) is 0 Å². The summed E-state index contributed by atoms with van der Waals surface area (Å²) in [4.78, 5) is 51.5. The standard InChI is InChI=1S/C20H22FN3O5/c21-12-6-7-14-13(9-12)20(10-15(29-14)17(22)26)18(27)23-19(28)24(20)16(25)8-11-4-2-1-3-5-11/h6-7,9,11,15H,1-5,8,10H2,(H2,22,26)(H,23,27,28)/t15-,20?/m1/s1. The Labute approximate surface area is 166 Å². The van der Waals surface area contributed by atoms with Gasteiger partial charge in [0.1, 0.15) is 11.6 Å². The Balaban J connectivity index is 1.78. The van der Waals surface area contributed by atoms with Crippen molar-refractivity contribution in [2.24, 2.45) is 11.7 Å². The number of carbonyl (C=O) groups is 4. The Hall–Kier alpha value is -2.97. The number of carbonyl (C=O) groups excluding carboxylic acids is 4. The van der Waals surface area contributed by atoms with Crippen LogP contribution in [0, 0.1) is 11.7 Å². The zero-order valence-electron chi connectivity index (χ0n) is 15.8. The Kier molecular flexibility index (Phi) is 4.76. The monoisotopic (exact) mass is 403 g/mol. The van der Waals surface area contributed by atoms with Gasteiger partial charge in [-0.25, -0.2) is 14.1 Å². The number of nitrogens with one attached hydrogen (secondary N) is 1. The van der Waals surface area contributed by atoms with E-state index < -0.39 is 41.2 Å². The van der Waals surface area contributed by atoms with Gasteiger partial charge in [0.2, 0.25) is 5.91 Å². The topological polar surface area (TPSA) is 119 Å². The SMILES string of the molecule is NC(=O)[C@H]1CC2(C(=O)NC(=O)N2C(=O)CC2CCCCC2)c2cc(F)ccc2O1. The number of primary amides is 1. The van der Waals surface area contributed by atoms with Crippen molar-refractivity contribution < 1.29 is 28.3 Å². The zero-order chi connectivity index (χ0) is 20.8. The van der Waals surface area contributed by atoms with Crippen molar-refractivity contribution in [3.05, 3.63) is 29.6 Å². The molecule has 1 aliphatic carbocycles. The molecule has 1 spiro atoms. The lowest BCUT2D eigenvalue weighted by atomic mass is 9.79. The van der Waals surface area contributed by atoms with Crippen molar-refractivity contribution in [1.82, 2.24) is 10.2 Å². The number of halogens is 1. The number of fused-ring (bicyclic) bond motifs is 2. The molecular weight excluding hydrogens is 381 g/mol. The van der Waals surface area contributed by atoms with E-state index in [4.69, 9.17) is 10.5 Å². The first-order chi connectivity index (χ1) is 13.8. The summed E-state index contributed by atoms with van der Waals surface area (Å²) in [5.41, 5.74) is 3.57. The summed E-state index contributed by atoms with van der Waals surface area (Å²) in [6.07, 6.45) is 3.40. The van der Waals surface area contributed by atoms with Crippen molar-refractivity contribution in [2.45, 2.75) is 56.6 Å². The molecule has 1 aromatic rings. The van der Waals surface area contributed by atoms with Crippen LogP contribution >= 0.6 is 0 Å². The van der Waals surface area contributed by atoms with Crippen LogP contribution < -0.4 is 15.8 Å². The largest absolute Gasteiger partial charge is 0.480 e. The number of benzene rings is 1. The van der Waals surface area contributed by atoms with Crippen molar-refractivity contribution in [1.29, 1.82) is 0 Å². The smallest absolute Gasteiger partial charge is 0.332 e. The number of imide groups is 2. The number of nitrogens with two attached hydrogens (primary N) is 1. The molecule has 1 saturated heterocycles. The quantitative estimate of drug-likeness (QED) is 0.745. The molecule has 2 aliphatic heterocycles. The van der Waals surface area contributed by atoms with Crippen molar-refractivity contribution in [2.75, 3.05) is 0 Å². The minimum atomic E-state index is -1.86. The highest BCUT2D eigenvalue weighted by molar-refractivity contribution is 6.15. The van der Waals surface area contributed by atoms with E-state index >= 15 is 0 Å². The van der Waals surface area contributed by atoms with Crippen LogP contribution in [0.2, 0.25) is 0 Å². The summed E-state index contributed by atoms with van der Waals surface area (Å²) in [5, 5.41) is 2.16. The summed E-state index contributed by atoms with van der Waals surface area (Å²) in [7, 11) is 0. The average molecular weight is 403 g/mol. The molecule has 0 radical (unpaired) electrons. The molecule has 2 heterocycles. The van der Waals surface area contributed by atoms with E-state index in [-0.39, 0.29) is 30.1 Å². The number of hydrogen-bond acceptors (Lipinski definition) is 5. The normalized spacial score (nSPS) is 26.8. The van der Waals surface area contributed by atoms with Gasteiger partial charge in [-0.1, -0.05) is 19.3 Å². The molecule has 1 aromatic carbocycles. The minimum absolute atomic E-state index is 0.0374. The Morgan fingerprint density at radius 2 is 1.97 bits per heavy atom. The first kappa shape index (κ1) is 19.4. The van der Waals surface area contributed by atoms with E-state index in [9.17, 15) is 23.6 Å². The van der Waals surface area contributed by atoms with Crippen LogP contribution in [0.5, 0.6) is 5.75 Å². The molecule has 8 nitrogen and oxygen atoms in total. The van der Waals surface area contributed by atoms with Crippen LogP contribution in [-0.2, 0) is 19.9 Å². The van der Waals surface area contributed by atoms with E-state index in [1.165, 1.54) is 6.07 Å². The third-order valence-electron chi connectivity index (χ3n) is 6.07. The Morgan fingerprint density at radius 3 is 2.66 bits per heavy atom. The second-order valence-corrected chi connectivity index (χ2v) is 7.91. The highest BCUT2D eigenvalue weighted by Gasteiger charge is 2.61. The van der Waals surface area contributed by atoms with Gasteiger partial charge in [0.15, 0.2) is 11.6 Å². The van der Waals surface area contributed by atoms with Gasteiger partial charge in [0.25, 0.3) is 11.8 Å². The van der Waals surface area contributed by atoms with Gasteiger partial charge >= 0.3 is 6.03 Å². The average Bonchev–Trinajstić information content (AvgIpc) is 2.93. The first-order valence-corrected chi connectivity index (χ1v) is 9.77. The maximum atomic E-state index is 14.0. The molecule has 3 aliphatic rings. The van der Waals surface area contributed by atoms with Crippen molar-refractivity contribution in [3.8, 4) is 5.75 Å². The molecule has 0 bridgehead atoms. The summed E-state index contributed by atoms with van der Waals surface area (Å²) in [6.45, 7) is 0. The molecule has 9 heteroatoms. The molecule has 5 amide bonds. The molecular formula is C20H22FN3O5. The van der Waals surface area contributed by atoms with Crippen LogP contribution in [0.15, 0.2) is 18.2 Å². The number of hydrogen-bond donors (Lipinski definition) is 2. The predicted octanol–water partition coefficient (Wildman–Crippen LogP) is 1.71. The minimum Gasteiger partial charge on any atom is -0.480 e. The van der Waals surface area contributed by atoms with Gasteiger partial charge in [-0.05, 0) is 37.0 Å². The second-order valence-electron chi connectivity index (χ2n) is 7.91. The number of urea groups is 1. The second kappa shape index (κ2) is 7.13. The maximum Gasteiger partial charge on any atom is 0.332 e. The van der Waals surface area contributed by atoms with Gasteiger partial charge in [0.05, 0.1) is 0 Å². The van der Waals surface area contributed by atoms with Gasteiger partial charge in [-0.3, -0.25) is 19.7 Å². The summed E-state index contributed by atoms with van der Waals surface area (Å²) >= 11 is 0. The van der Waals surface area contributed by atoms with E-state index in [2.05, 4.69) is 5.32 Å². The number of ether oxygens (including phenoxy) is 1. The molecule has 4 rings (SSSR count). The first-order valence-electron chi connectivity index (χ1n) is 9.77. The summed E-state index contributed by atoms with van der Waals surface area (Å²) in [5.74, 6) is -2.65. The maximum absolute atomic E-state index is 14.0. The molecule has 1 saturated carbocycles. The van der Waals surface area contributed by atoms with E-state index in [0.717, 1.165) is 49.1 Å². The van der Waals surface area contributed by atoms with E-state index in [1.54, 1.807) is 0 Å². The lowest BCUT2D eigenvalue weighted by Gasteiger charge is -2.41. The Bertz CT molecular complexity index is 898. The summed E-state index contributed by atoms with van der Waals surface area (Å²) < 4.78 is 19.6. The lowest BCUT2D eigenvalue weighted by Crippen LogP contribution is -2.56. The summed E-state index contributed by atoms with van der Waals surface area (Å²) in [6, 6.07) is 2.56. The molecule has 2 atom stereocenters.